The van der Waals surface area contributed by atoms with Crippen molar-refractivity contribution in [3.63, 3.8) is 0 Å². The number of hydrogen-bond acceptors (Lipinski definition) is 5. The van der Waals surface area contributed by atoms with E-state index in [9.17, 15) is 18.0 Å². The minimum absolute atomic E-state index is 0.204. The highest BCUT2D eigenvalue weighted by atomic mass is 32.2. The molecular weight excluding hydrogens is 272 g/mol. The van der Waals surface area contributed by atoms with Crippen molar-refractivity contribution < 1.29 is 22.7 Å². The van der Waals surface area contributed by atoms with Gasteiger partial charge < -0.3 is 10.1 Å². The van der Waals surface area contributed by atoms with Crippen molar-refractivity contribution in [2.24, 2.45) is 0 Å². The molecule has 0 aromatic carbocycles. The van der Waals surface area contributed by atoms with Crippen molar-refractivity contribution in [3.8, 4) is 0 Å². The molecule has 0 radical (unpaired) electrons. The number of piperazine rings is 1. The SMILES string of the molecule is CCOC(=O)CCS(=O)(=O)N1CCNC(=O)C1(C)C. The fourth-order valence-electron chi connectivity index (χ4n) is 1.92. The molecule has 8 heteroatoms. The van der Waals surface area contributed by atoms with E-state index in [-0.39, 0.29) is 37.8 Å². The third-order valence-corrected chi connectivity index (χ3v) is 5.02. The number of carbonyl (C=O) groups excluding carboxylic acids is 2. The molecule has 0 saturated carbocycles. The number of rotatable bonds is 5. The fourth-order valence-corrected chi connectivity index (χ4v) is 3.72. The summed E-state index contributed by atoms with van der Waals surface area (Å²) in [5, 5.41) is 2.62. The highest BCUT2D eigenvalue weighted by Crippen LogP contribution is 2.22. The molecule has 0 unspecified atom stereocenters. The number of hydrogen-bond donors (Lipinski definition) is 1. The van der Waals surface area contributed by atoms with Gasteiger partial charge in [-0.1, -0.05) is 0 Å². The van der Waals surface area contributed by atoms with Crippen LogP contribution < -0.4 is 5.32 Å². The van der Waals surface area contributed by atoms with Crippen LogP contribution in [0.4, 0.5) is 0 Å². The van der Waals surface area contributed by atoms with Gasteiger partial charge in [0.25, 0.3) is 0 Å². The van der Waals surface area contributed by atoms with Gasteiger partial charge in [-0.25, -0.2) is 8.42 Å². The first kappa shape index (κ1) is 15.9. The van der Waals surface area contributed by atoms with E-state index in [1.54, 1.807) is 20.8 Å². The maximum Gasteiger partial charge on any atom is 0.306 e. The lowest BCUT2D eigenvalue weighted by molar-refractivity contribution is -0.142. The Labute approximate surface area is 113 Å². The Morgan fingerprint density at radius 1 is 1.47 bits per heavy atom. The Hall–Kier alpha value is -1.15. The molecule has 0 spiro atoms. The van der Waals surface area contributed by atoms with E-state index in [0.29, 0.717) is 0 Å². The quantitative estimate of drug-likeness (QED) is 0.688. The molecule has 0 aromatic heterocycles. The van der Waals surface area contributed by atoms with E-state index in [0.717, 1.165) is 4.31 Å². The van der Waals surface area contributed by atoms with Gasteiger partial charge in [-0.15, -0.1) is 0 Å². The molecule has 1 rings (SSSR count). The van der Waals surface area contributed by atoms with Crippen LogP contribution in [0.1, 0.15) is 27.2 Å². The summed E-state index contributed by atoms with van der Waals surface area (Å²) in [5.41, 5.74) is -1.13. The fraction of sp³-hybridized carbons (Fsp3) is 0.818. The highest BCUT2D eigenvalue weighted by Gasteiger charge is 2.44. The Morgan fingerprint density at radius 3 is 2.68 bits per heavy atom. The molecule has 110 valence electrons. The summed E-state index contributed by atoms with van der Waals surface area (Å²) in [5.74, 6) is -1.23. The topological polar surface area (TPSA) is 92.8 Å². The first-order valence-electron chi connectivity index (χ1n) is 6.16. The molecule has 1 fully saturated rings. The normalized spacial score (nSPS) is 19.8. The maximum absolute atomic E-state index is 12.2. The zero-order valence-electron chi connectivity index (χ0n) is 11.4. The molecular formula is C11H20N2O5S. The summed E-state index contributed by atoms with van der Waals surface area (Å²) < 4.78 is 30.2. The van der Waals surface area contributed by atoms with E-state index >= 15 is 0 Å². The molecule has 0 aromatic rings. The number of sulfonamides is 1. The second-order valence-corrected chi connectivity index (χ2v) is 6.77. The number of nitrogens with zero attached hydrogens (tertiary/aromatic N) is 1. The van der Waals surface area contributed by atoms with Crippen molar-refractivity contribution in [2.75, 3.05) is 25.4 Å². The molecule has 1 aliphatic rings. The molecule has 1 saturated heterocycles. The van der Waals surface area contributed by atoms with Crippen molar-refractivity contribution in [2.45, 2.75) is 32.7 Å². The Kier molecular flexibility index (Phi) is 4.92. The van der Waals surface area contributed by atoms with Crippen molar-refractivity contribution in [1.29, 1.82) is 0 Å². The lowest BCUT2D eigenvalue weighted by Gasteiger charge is -2.39. The van der Waals surface area contributed by atoms with E-state index in [1.165, 1.54) is 0 Å². The summed E-state index contributed by atoms with van der Waals surface area (Å²) in [4.78, 5) is 22.9. The number of esters is 1. The van der Waals surface area contributed by atoms with Gasteiger partial charge in [0, 0.05) is 13.1 Å². The van der Waals surface area contributed by atoms with Crippen LogP contribution in [0, 0.1) is 0 Å². The van der Waals surface area contributed by atoms with Crippen molar-refractivity contribution in [1.82, 2.24) is 9.62 Å². The Bertz CT molecular complexity index is 458. The van der Waals surface area contributed by atoms with Gasteiger partial charge in [0.15, 0.2) is 0 Å². The summed E-state index contributed by atoms with van der Waals surface area (Å²) in [6, 6.07) is 0. The van der Waals surface area contributed by atoms with E-state index in [1.807, 2.05) is 0 Å². The van der Waals surface area contributed by atoms with Crippen LogP contribution in [0.2, 0.25) is 0 Å². The van der Waals surface area contributed by atoms with E-state index in [2.05, 4.69) is 5.32 Å². The van der Waals surface area contributed by atoms with Gasteiger partial charge in [-0.05, 0) is 20.8 Å². The van der Waals surface area contributed by atoms with Gasteiger partial charge >= 0.3 is 5.97 Å². The smallest absolute Gasteiger partial charge is 0.306 e. The summed E-state index contributed by atoms with van der Waals surface area (Å²) in [7, 11) is -3.67. The molecule has 1 amide bonds. The van der Waals surface area contributed by atoms with Crippen molar-refractivity contribution in [3.05, 3.63) is 0 Å². The predicted molar refractivity (Wildman–Crippen MR) is 68.8 cm³/mol. The lowest BCUT2D eigenvalue weighted by Crippen LogP contribution is -2.63. The van der Waals surface area contributed by atoms with Crippen LogP contribution in [0.5, 0.6) is 0 Å². The van der Waals surface area contributed by atoms with Crippen LogP contribution >= 0.6 is 0 Å². The maximum atomic E-state index is 12.2. The minimum Gasteiger partial charge on any atom is -0.466 e. The number of nitrogens with one attached hydrogen (secondary N) is 1. The van der Waals surface area contributed by atoms with E-state index in [4.69, 9.17) is 4.74 Å². The number of amides is 1. The second-order valence-electron chi connectivity index (χ2n) is 4.76. The highest BCUT2D eigenvalue weighted by molar-refractivity contribution is 7.89. The molecule has 0 bridgehead atoms. The standard InChI is InChI=1S/C11H20N2O5S/c1-4-18-9(14)5-8-19(16,17)13-7-6-12-10(15)11(13,2)3/h4-8H2,1-3H3,(H,12,15). The van der Waals surface area contributed by atoms with Gasteiger partial charge in [-0.3, -0.25) is 9.59 Å². The number of carbonyl (C=O) groups is 2. The zero-order chi connectivity index (χ0) is 14.7. The summed E-state index contributed by atoms with van der Waals surface area (Å²) in [6.45, 7) is 5.46. The molecule has 19 heavy (non-hydrogen) atoms. The third-order valence-electron chi connectivity index (χ3n) is 2.98. The average molecular weight is 292 g/mol. The summed E-state index contributed by atoms with van der Waals surface area (Å²) >= 11 is 0. The molecule has 1 aliphatic heterocycles. The Morgan fingerprint density at radius 2 is 2.11 bits per heavy atom. The monoisotopic (exact) mass is 292 g/mol. The number of ether oxygens (including phenoxy) is 1. The first-order valence-corrected chi connectivity index (χ1v) is 7.77. The predicted octanol–water partition coefficient (Wildman–Crippen LogP) is -0.520. The molecule has 0 atom stereocenters. The van der Waals surface area contributed by atoms with E-state index < -0.39 is 21.5 Å². The first-order chi connectivity index (χ1) is 8.71. The van der Waals surface area contributed by atoms with Crippen LogP contribution in [0.15, 0.2) is 0 Å². The minimum atomic E-state index is -3.67. The second kappa shape index (κ2) is 5.87. The average Bonchev–Trinajstić information content (AvgIpc) is 2.30. The van der Waals surface area contributed by atoms with Crippen LogP contribution in [-0.4, -0.2) is 55.6 Å². The molecule has 0 aliphatic carbocycles. The van der Waals surface area contributed by atoms with Crippen LogP contribution in [0.3, 0.4) is 0 Å². The largest absolute Gasteiger partial charge is 0.466 e. The third kappa shape index (κ3) is 3.66. The van der Waals surface area contributed by atoms with Gasteiger partial charge in [0.1, 0.15) is 5.54 Å². The zero-order valence-corrected chi connectivity index (χ0v) is 12.2. The lowest BCUT2D eigenvalue weighted by atomic mass is 10.0. The van der Waals surface area contributed by atoms with Crippen LogP contribution in [0.25, 0.3) is 0 Å². The van der Waals surface area contributed by atoms with Gasteiger partial charge in [0.05, 0.1) is 18.8 Å². The molecule has 7 nitrogen and oxygen atoms in total. The Balaban J connectivity index is 2.76. The van der Waals surface area contributed by atoms with Crippen LogP contribution in [-0.2, 0) is 24.3 Å². The molecule has 1 N–H and O–H groups in total. The van der Waals surface area contributed by atoms with Crippen molar-refractivity contribution >= 4 is 21.9 Å². The van der Waals surface area contributed by atoms with Gasteiger partial charge in [0.2, 0.25) is 15.9 Å². The molecule has 1 heterocycles. The van der Waals surface area contributed by atoms with Gasteiger partial charge in [-0.2, -0.15) is 4.31 Å². The summed E-state index contributed by atoms with van der Waals surface area (Å²) in [6.07, 6.45) is -0.204.